The highest BCUT2D eigenvalue weighted by Gasteiger charge is 2.12. The minimum Gasteiger partial charge on any atom is -0.199 e. The van der Waals surface area contributed by atoms with E-state index < -0.39 is 10.0 Å². The molecule has 3 aromatic rings. The summed E-state index contributed by atoms with van der Waals surface area (Å²) in [5.74, 6) is 0. The molecule has 0 spiro atoms. The van der Waals surface area contributed by atoms with E-state index in [-0.39, 0.29) is 4.90 Å². The van der Waals surface area contributed by atoms with Crippen LogP contribution in [-0.2, 0) is 10.0 Å². The summed E-state index contributed by atoms with van der Waals surface area (Å²) in [4.78, 5) is 2.14. The summed E-state index contributed by atoms with van der Waals surface area (Å²) >= 11 is 1.54. The fourth-order valence-electron chi connectivity index (χ4n) is 2.65. The lowest BCUT2D eigenvalue weighted by Crippen LogP contribution is -1.97. The minimum absolute atomic E-state index is 0.209. The van der Waals surface area contributed by atoms with Crippen molar-refractivity contribution >= 4 is 27.6 Å². The third-order valence-corrected chi connectivity index (χ3v) is 6.28. The fraction of sp³-hybridized carbons (Fsp3) is 0.150. The van der Waals surface area contributed by atoms with Crippen molar-refractivity contribution in [3.05, 3.63) is 76.2 Å². The van der Waals surface area contributed by atoms with E-state index in [0.29, 0.717) is 0 Å². The zero-order valence-corrected chi connectivity index (χ0v) is 16.0. The highest BCUT2D eigenvalue weighted by molar-refractivity contribution is 7.90. The number of benzene rings is 2. The minimum atomic E-state index is -3.67. The molecule has 3 nitrogen and oxygen atoms in total. The summed E-state index contributed by atoms with van der Waals surface area (Å²) in [6.07, 6.45) is 1.43. The molecule has 0 radical (unpaired) electrons. The molecule has 2 aromatic carbocycles. The Hall–Kier alpha value is -2.24. The molecule has 0 saturated heterocycles. The van der Waals surface area contributed by atoms with E-state index in [0.717, 1.165) is 15.3 Å². The van der Waals surface area contributed by atoms with E-state index in [1.54, 1.807) is 24.3 Å². The predicted octanol–water partition coefficient (Wildman–Crippen LogP) is 5.15. The molecular formula is C20H19NO2S2. The first-order valence-electron chi connectivity index (χ1n) is 7.90. The van der Waals surface area contributed by atoms with Gasteiger partial charge in [-0.05, 0) is 61.7 Å². The summed E-state index contributed by atoms with van der Waals surface area (Å²) in [5.41, 5.74) is 4.63. The Balaban J connectivity index is 1.88. The van der Waals surface area contributed by atoms with Crippen molar-refractivity contribution < 1.29 is 8.42 Å². The molecule has 5 heteroatoms. The zero-order valence-electron chi connectivity index (χ0n) is 14.4. The van der Waals surface area contributed by atoms with Gasteiger partial charge in [0.2, 0.25) is 0 Å². The van der Waals surface area contributed by atoms with Gasteiger partial charge in [-0.2, -0.15) is 12.8 Å². The van der Waals surface area contributed by atoms with E-state index in [4.69, 9.17) is 0 Å². The van der Waals surface area contributed by atoms with Gasteiger partial charge in [0.05, 0.1) is 11.1 Å². The van der Waals surface area contributed by atoms with Crippen molar-refractivity contribution in [2.24, 2.45) is 4.40 Å². The second kappa shape index (κ2) is 6.94. The smallest absolute Gasteiger partial charge is 0.199 e. The maximum atomic E-state index is 12.3. The van der Waals surface area contributed by atoms with Crippen LogP contribution in [0.15, 0.2) is 63.9 Å². The third-order valence-electron chi connectivity index (χ3n) is 3.99. The summed E-state index contributed by atoms with van der Waals surface area (Å²) in [6, 6.07) is 16.8. The molecule has 0 bridgehead atoms. The predicted molar refractivity (Wildman–Crippen MR) is 105 cm³/mol. The van der Waals surface area contributed by atoms with E-state index in [1.165, 1.54) is 34.2 Å². The second-order valence-electron chi connectivity index (χ2n) is 5.99. The number of nitrogens with zero attached hydrogens (tertiary/aromatic N) is 1. The Morgan fingerprint density at radius 1 is 0.880 bits per heavy atom. The largest absolute Gasteiger partial charge is 0.282 e. The Kier molecular flexibility index (Phi) is 4.88. The van der Waals surface area contributed by atoms with Crippen molar-refractivity contribution in [2.75, 3.05) is 0 Å². The van der Waals surface area contributed by atoms with Gasteiger partial charge in [0.15, 0.2) is 0 Å². The van der Waals surface area contributed by atoms with Gasteiger partial charge in [-0.15, -0.1) is 11.3 Å². The number of rotatable bonds is 4. The van der Waals surface area contributed by atoms with E-state index in [9.17, 15) is 8.42 Å². The maximum absolute atomic E-state index is 12.3. The summed E-state index contributed by atoms with van der Waals surface area (Å²) < 4.78 is 28.5. The molecule has 0 saturated carbocycles. The van der Waals surface area contributed by atoms with Crippen LogP contribution in [0.2, 0.25) is 0 Å². The number of hydrogen-bond acceptors (Lipinski definition) is 3. The summed E-state index contributed by atoms with van der Waals surface area (Å²) in [5, 5.41) is 0. The monoisotopic (exact) mass is 369 g/mol. The Labute approximate surface area is 152 Å². The van der Waals surface area contributed by atoms with Gasteiger partial charge in [0.25, 0.3) is 10.0 Å². The molecule has 0 aliphatic rings. The highest BCUT2D eigenvalue weighted by Crippen LogP contribution is 2.32. The fourth-order valence-corrected chi connectivity index (χ4v) is 4.63. The van der Waals surface area contributed by atoms with E-state index >= 15 is 0 Å². The summed E-state index contributed by atoms with van der Waals surface area (Å²) in [7, 11) is -3.67. The average Bonchev–Trinajstić information content (AvgIpc) is 3.02. The molecule has 0 aliphatic heterocycles. The topological polar surface area (TPSA) is 46.5 Å². The highest BCUT2D eigenvalue weighted by atomic mass is 32.2. The molecule has 1 aromatic heterocycles. The van der Waals surface area contributed by atoms with Gasteiger partial charge < -0.3 is 0 Å². The lowest BCUT2D eigenvalue weighted by atomic mass is 10.0. The van der Waals surface area contributed by atoms with Crippen LogP contribution >= 0.6 is 11.3 Å². The standard InChI is InChI=1S/C20H19NO2S2/c1-14-7-10-18(11-8-14)25(22,23)21-13-17-9-12-19(24-17)20-15(2)5-4-6-16(20)3/h4-13H,1-3H3/b21-13+. The molecule has 0 amide bonds. The van der Waals surface area contributed by atoms with Gasteiger partial charge in [-0.3, -0.25) is 0 Å². The average molecular weight is 370 g/mol. The molecule has 0 N–H and O–H groups in total. The molecule has 3 rings (SSSR count). The lowest BCUT2D eigenvalue weighted by molar-refractivity contribution is 0.598. The lowest BCUT2D eigenvalue weighted by Gasteiger charge is -2.06. The number of thiophene rings is 1. The maximum Gasteiger partial charge on any atom is 0.282 e. The third kappa shape index (κ3) is 3.89. The molecule has 0 fully saturated rings. The summed E-state index contributed by atoms with van der Waals surface area (Å²) in [6.45, 7) is 6.08. The Bertz CT molecular complexity index is 1010. The van der Waals surface area contributed by atoms with E-state index in [1.807, 2.05) is 25.1 Å². The van der Waals surface area contributed by atoms with Crippen molar-refractivity contribution in [3.63, 3.8) is 0 Å². The zero-order chi connectivity index (χ0) is 18.0. The van der Waals surface area contributed by atoms with Crippen LogP contribution in [0.4, 0.5) is 0 Å². The number of sulfonamides is 1. The van der Waals surface area contributed by atoms with Gasteiger partial charge in [-0.1, -0.05) is 35.9 Å². The molecule has 0 atom stereocenters. The van der Waals surface area contributed by atoms with Gasteiger partial charge in [0, 0.05) is 9.75 Å². The number of hydrogen-bond donors (Lipinski definition) is 0. The van der Waals surface area contributed by atoms with Crippen molar-refractivity contribution in [1.29, 1.82) is 0 Å². The first-order chi connectivity index (χ1) is 11.9. The Morgan fingerprint density at radius 2 is 1.52 bits per heavy atom. The normalized spacial score (nSPS) is 12.0. The van der Waals surface area contributed by atoms with E-state index in [2.05, 4.69) is 30.4 Å². The van der Waals surface area contributed by atoms with Crippen LogP contribution in [-0.4, -0.2) is 14.6 Å². The van der Waals surface area contributed by atoms with Crippen LogP contribution in [0.5, 0.6) is 0 Å². The molecule has 0 unspecified atom stereocenters. The molecule has 128 valence electrons. The van der Waals surface area contributed by atoms with Gasteiger partial charge >= 0.3 is 0 Å². The van der Waals surface area contributed by atoms with Crippen LogP contribution in [0.3, 0.4) is 0 Å². The first-order valence-corrected chi connectivity index (χ1v) is 10.2. The van der Waals surface area contributed by atoms with Crippen LogP contribution in [0, 0.1) is 20.8 Å². The second-order valence-corrected chi connectivity index (χ2v) is 8.74. The quantitative estimate of drug-likeness (QED) is 0.597. The van der Waals surface area contributed by atoms with Gasteiger partial charge in [-0.25, -0.2) is 0 Å². The van der Waals surface area contributed by atoms with Crippen LogP contribution < -0.4 is 0 Å². The molecular weight excluding hydrogens is 350 g/mol. The van der Waals surface area contributed by atoms with Crippen molar-refractivity contribution in [2.45, 2.75) is 25.7 Å². The molecule has 25 heavy (non-hydrogen) atoms. The number of aryl methyl sites for hydroxylation is 3. The van der Waals surface area contributed by atoms with Crippen molar-refractivity contribution in [1.82, 2.24) is 0 Å². The SMILES string of the molecule is Cc1ccc(S(=O)(=O)/N=C/c2ccc(-c3c(C)cccc3C)s2)cc1. The molecule has 1 heterocycles. The van der Waals surface area contributed by atoms with Crippen LogP contribution in [0.1, 0.15) is 21.6 Å². The van der Waals surface area contributed by atoms with Gasteiger partial charge in [0.1, 0.15) is 0 Å². The molecule has 0 aliphatic carbocycles. The Morgan fingerprint density at radius 3 is 2.16 bits per heavy atom. The van der Waals surface area contributed by atoms with Crippen LogP contribution in [0.25, 0.3) is 10.4 Å². The first kappa shape index (κ1) is 17.6. The van der Waals surface area contributed by atoms with Crippen molar-refractivity contribution in [3.8, 4) is 10.4 Å².